The highest BCUT2D eigenvalue weighted by atomic mass is 16.7. The van der Waals surface area contributed by atoms with Crippen molar-refractivity contribution in [3.8, 4) is 0 Å². The van der Waals surface area contributed by atoms with Crippen molar-refractivity contribution in [3.05, 3.63) is 12.2 Å². The first-order valence-corrected chi connectivity index (χ1v) is 8.84. The molecule has 0 atom stereocenters. The van der Waals surface area contributed by atoms with Crippen LogP contribution in [0, 0.1) is 0 Å². The fourth-order valence-corrected chi connectivity index (χ4v) is 1.99. The fourth-order valence-electron chi connectivity index (χ4n) is 1.99. The number of hydrogen-bond donors (Lipinski definition) is 1. The van der Waals surface area contributed by atoms with Gasteiger partial charge < -0.3 is 14.6 Å². The minimum absolute atomic E-state index is 0.00645. The lowest BCUT2D eigenvalue weighted by Crippen LogP contribution is -2.18. The number of rotatable bonds is 16. The molecule has 0 radical (unpaired) electrons. The maximum atomic E-state index is 8.67. The van der Waals surface area contributed by atoms with Crippen molar-refractivity contribution in [1.29, 1.82) is 0 Å². The van der Waals surface area contributed by atoms with E-state index >= 15 is 0 Å². The van der Waals surface area contributed by atoms with Gasteiger partial charge in [-0.05, 0) is 44.9 Å². The van der Waals surface area contributed by atoms with Crippen LogP contribution in [0.25, 0.3) is 0 Å². The summed E-state index contributed by atoms with van der Waals surface area (Å²) >= 11 is 0. The molecule has 0 saturated heterocycles. The van der Waals surface area contributed by atoms with Gasteiger partial charge in [-0.3, -0.25) is 0 Å². The Morgan fingerprint density at radius 3 is 2.00 bits per heavy atom. The molecule has 0 saturated carbocycles. The second-order valence-corrected chi connectivity index (χ2v) is 5.50. The van der Waals surface area contributed by atoms with E-state index in [0.717, 1.165) is 51.7 Å². The molecule has 0 aromatic carbocycles. The van der Waals surface area contributed by atoms with Crippen molar-refractivity contribution in [2.24, 2.45) is 0 Å². The Morgan fingerprint density at radius 1 is 0.810 bits per heavy atom. The lowest BCUT2D eigenvalue weighted by Gasteiger charge is -2.18. The zero-order chi connectivity index (χ0) is 15.6. The third-order valence-corrected chi connectivity index (χ3v) is 3.38. The second-order valence-electron chi connectivity index (χ2n) is 5.50. The summed E-state index contributed by atoms with van der Waals surface area (Å²) in [5.74, 6) is 0. The normalized spacial score (nSPS) is 11.8. The van der Waals surface area contributed by atoms with Gasteiger partial charge in [0.15, 0.2) is 6.29 Å². The van der Waals surface area contributed by atoms with E-state index in [4.69, 9.17) is 14.6 Å². The number of hydrogen-bond acceptors (Lipinski definition) is 3. The SMILES string of the molecule is CCCCOC(CCCCC/C=C\CCO)OCCCC. The highest BCUT2D eigenvalue weighted by molar-refractivity contribution is 4.80. The molecule has 0 bridgehead atoms. The van der Waals surface area contributed by atoms with E-state index < -0.39 is 0 Å². The summed E-state index contributed by atoms with van der Waals surface area (Å²) < 4.78 is 11.6. The van der Waals surface area contributed by atoms with Crippen LogP contribution >= 0.6 is 0 Å². The van der Waals surface area contributed by atoms with Gasteiger partial charge in [0, 0.05) is 19.8 Å². The molecule has 3 nitrogen and oxygen atoms in total. The Labute approximate surface area is 131 Å². The average molecular weight is 300 g/mol. The van der Waals surface area contributed by atoms with Gasteiger partial charge in [-0.25, -0.2) is 0 Å². The smallest absolute Gasteiger partial charge is 0.157 e. The first kappa shape index (κ1) is 20.6. The molecule has 0 aromatic rings. The standard InChI is InChI=1S/C18H36O3/c1-3-5-16-20-18(21-17-6-4-2)14-12-10-8-7-9-11-13-15-19/h9,11,18-19H,3-8,10,12-17H2,1-2H3/b11-9-. The Hall–Kier alpha value is -0.380. The molecule has 21 heavy (non-hydrogen) atoms. The molecular formula is C18H36O3. The van der Waals surface area contributed by atoms with E-state index in [-0.39, 0.29) is 12.9 Å². The van der Waals surface area contributed by atoms with Gasteiger partial charge in [0.25, 0.3) is 0 Å². The van der Waals surface area contributed by atoms with Crippen molar-refractivity contribution >= 4 is 0 Å². The topological polar surface area (TPSA) is 38.7 Å². The minimum atomic E-state index is -0.00645. The Kier molecular flexibility index (Phi) is 17.4. The maximum absolute atomic E-state index is 8.67. The molecule has 126 valence electrons. The van der Waals surface area contributed by atoms with Gasteiger partial charge in [0.1, 0.15) is 0 Å². The van der Waals surface area contributed by atoms with Crippen molar-refractivity contribution < 1.29 is 14.6 Å². The molecule has 0 aliphatic heterocycles. The number of allylic oxidation sites excluding steroid dienone is 1. The zero-order valence-corrected chi connectivity index (χ0v) is 14.2. The molecular weight excluding hydrogens is 264 g/mol. The first-order valence-electron chi connectivity index (χ1n) is 8.84. The summed E-state index contributed by atoms with van der Waals surface area (Å²) in [4.78, 5) is 0. The lowest BCUT2D eigenvalue weighted by molar-refractivity contribution is -0.147. The molecule has 0 fully saturated rings. The Morgan fingerprint density at radius 2 is 1.43 bits per heavy atom. The molecule has 0 spiro atoms. The van der Waals surface area contributed by atoms with Crippen molar-refractivity contribution in [1.82, 2.24) is 0 Å². The maximum Gasteiger partial charge on any atom is 0.157 e. The lowest BCUT2D eigenvalue weighted by atomic mass is 10.1. The Balaban J connectivity index is 3.62. The molecule has 0 heterocycles. The molecule has 3 heteroatoms. The second kappa shape index (κ2) is 17.7. The van der Waals surface area contributed by atoms with Crippen LogP contribution in [0.2, 0.25) is 0 Å². The number of aliphatic hydroxyl groups is 1. The molecule has 1 N–H and O–H groups in total. The first-order chi connectivity index (χ1) is 10.3. The Bertz CT molecular complexity index is 207. The van der Waals surface area contributed by atoms with Crippen LogP contribution < -0.4 is 0 Å². The van der Waals surface area contributed by atoms with Crippen LogP contribution in [0.3, 0.4) is 0 Å². The van der Waals surface area contributed by atoms with Gasteiger partial charge in [-0.1, -0.05) is 45.3 Å². The van der Waals surface area contributed by atoms with Crippen LogP contribution in [-0.4, -0.2) is 31.2 Å². The van der Waals surface area contributed by atoms with Gasteiger partial charge in [0.2, 0.25) is 0 Å². The van der Waals surface area contributed by atoms with E-state index in [1.165, 1.54) is 25.7 Å². The van der Waals surface area contributed by atoms with E-state index in [1.54, 1.807) is 0 Å². The van der Waals surface area contributed by atoms with E-state index in [2.05, 4.69) is 26.0 Å². The summed E-state index contributed by atoms with van der Waals surface area (Å²) in [7, 11) is 0. The summed E-state index contributed by atoms with van der Waals surface area (Å²) in [6.07, 6.45) is 15.3. The monoisotopic (exact) mass is 300 g/mol. The molecule has 0 amide bonds. The summed E-state index contributed by atoms with van der Waals surface area (Å²) in [6.45, 7) is 6.25. The van der Waals surface area contributed by atoms with Crippen LogP contribution in [0.5, 0.6) is 0 Å². The third-order valence-electron chi connectivity index (χ3n) is 3.38. The van der Waals surface area contributed by atoms with Crippen LogP contribution in [0.4, 0.5) is 0 Å². The number of ether oxygens (including phenoxy) is 2. The number of unbranched alkanes of at least 4 members (excludes halogenated alkanes) is 5. The quantitative estimate of drug-likeness (QED) is 0.252. The van der Waals surface area contributed by atoms with Gasteiger partial charge >= 0.3 is 0 Å². The number of aliphatic hydroxyl groups excluding tert-OH is 1. The van der Waals surface area contributed by atoms with Gasteiger partial charge in [-0.2, -0.15) is 0 Å². The minimum Gasteiger partial charge on any atom is -0.396 e. The highest BCUT2D eigenvalue weighted by Gasteiger charge is 2.08. The van der Waals surface area contributed by atoms with Crippen LogP contribution in [0.15, 0.2) is 12.2 Å². The third kappa shape index (κ3) is 15.8. The molecule has 0 aromatic heterocycles. The van der Waals surface area contributed by atoms with Gasteiger partial charge in [-0.15, -0.1) is 0 Å². The van der Waals surface area contributed by atoms with Crippen molar-refractivity contribution in [2.75, 3.05) is 19.8 Å². The van der Waals surface area contributed by atoms with E-state index in [9.17, 15) is 0 Å². The molecule has 0 aliphatic carbocycles. The van der Waals surface area contributed by atoms with Crippen LogP contribution in [-0.2, 0) is 9.47 Å². The average Bonchev–Trinajstić information content (AvgIpc) is 2.49. The van der Waals surface area contributed by atoms with Gasteiger partial charge in [0.05, 0.1) is 0 Å². The predicted octanol–water partition coefficient (Wildman–Crippen LogP) is 4.84. The highest BCUT2D eigenvalue weighted by Crippen LogP contribution is 2.11. The summed E-state index contributed by atoms with van der Waals surface area (Å²) in [5, 5.41) is 8.67. The van der Waals surface area contributed by atoms with E-state index in [0.29, 0.717) is 0 Å². The zero-order valence-electron chi connectivity index (χ0n) is 14.2. The molecule has 0 unspecified atom stereocenters. The fraction of sp³-hybridized carbons (Fsp3) is 0.889. The largest absolute Gasteiger partial charge is 0.396 e. The van der Waals surface area contributed by atoms with Crippen LogP contribution in [0.1, 0.15) is 78.1 Å². The summed E-state index contributed by atoms with van der Waals surface area (Å²) in [6, 6.07) is 0. The molecule has 0 rings (SSSR count). The van der Waals surface area contributed by atoms with E-state index in [1.807, 2.05) is 0 Å². The molecule has 0 aliphatic rings. The van der Waals surface area contributed by atoms with Crippen molar-refractivity contribution in [3.63, 3.8) is 0 Å². The summed E-state index contributed by atoms with van der Waals surface area (Å²) in [5.41, 5.74) is 0. The van der Waals surface area contributed by atoms with Crippen molar-refractivity contribution in [2.45, 2.75) is 84.3 Å². The predicted molar refractivity (Wildman–Crippen MR) is 89.4 cm³/mol.